The van der Waals surface area contributed by atoms with E-state index in [1.807, 2.05) is 0 Å². The van der Waals surface area contributed by atoms with Crippen molar-refractivity contribution >= 4 is 16.3 Å². The molecule has 0 bridgehead atoms. The Labute approximate surface area is 163 Å². The van der Waals surface area contributed by atoms with E-state index >= 15 is 0 Å². The molecule has 0 aromatic heterocycles. The van der Waals surface area contributed by atoms with Crippen LogP contribution in [0.4, 0.5) is 26.3 Å². The monoisotopic (exact) mass is 430 g/mol. The summed E-state index contributed by atoms with van der Waals surface area (Å²) in [7, 11) is -3.88. The number of carbonyl (C=O) groups is 1. The summed E-state index contributed by atoms with van der Waals surface area (Å²) in [5.41, 5.74) is 0. The third-order valence-corrected chi connectivity index (χ3v) is 7.07. The van der Waals surface area contributed by atoms with Crippen molar-refractivity contribution in [1.82, 2.24) is 0 Å². The molecule has 0 unspecified atom stereocenters. The molecule has 0 aliphatic carbocycles. The van der Waals surface area contributed by atoms with E-state index in [4.69, 9.17) is 4.18 Å². The smallest absolute Gasteiger partial charge is 0.395 e. The maximum Gasteiger partial charge on any atom is 0.491 e. The molecule has 3 rings (SSSR count). The Kier molecular flexibility index (Phi) is 5.61. The highest BCUT2D eigenvalue weighted by Crippen LogP contribution is 2.70. The number of hydrogen-bond donors (Lipinski definition) is 0. The molecule has 152 valence electrons. The van der Waals surface area contributed by atoms with Gasteiger partial charge in [0.05, 0.1) is 0 Å². The van der Waals surface area contributed by atoms with Crippen LogP contribution in [0.15, 0.2) is 87.5 Å². The van der Waals surface area contributed by atoms with Gasteiger partial charge in [-0.1, -0.05) is 36.4 Å². The Bertz CT molecular complexity index is 960. The molecule has 0 fully saturated rings. The predicted molar refractivity (Wildman–Crippen MR) is 93.7 cm³/mol. The van der Waals surface area contributed by atoms with Gasteiger partial charge in [-0.2, -0.15) is 13.2 Å². The lowest BCUT2D eigenvalue weighted by Gasteiger charge is -2.39. The lowest BCUT2D eigenvalue weighted by molar-refractivity contribution is -0.188. The SMILES string of the molecule is O=C(OS(c1ccccc1)(c1ccccc1)c1c(F)cc(F)cc1F)C(F)(F)F. The predicted octanol–water partition coefficient (Wildman–Crippen LogP) is 6.41. The summed E-state index contributed by atoms with van der Waals surface area (Å²) < 4.78 is 87.2. The lowest BCUT2D eigenvalue weighted by atomic mass is 10.3. The van der Waals surface area contributed by atoms with Crippen LogP contribution < -0.4 is 0 Å². The van der Waals surface area contributed by atoms with Crippen LogP contribution in [0.25, 0.3) is 0 Å². The summed E-state index contributed by atoms with van der Waals surface area (Å²) in [6.45, 7) is 0. The van der Waals surface area contributed by atoms with Crippen molar-refractivity contribution in [2.75, 3.05) is 0 Å². The third kappa shape index (κ3) is 3.95. The Morgan fingerprint density at radius 1 is 0.759 bits per heavy atom. The molecule has 9 heteroatoms. The number of alkyl halides is 3. The van der Waals surface area contributed by atoms with E-state index in [2.05, 4.69) is 0 Å². The van der Waals surface area contributed by atoms with Crippen LogP contribution in [0.5, 0.6) is 0 Å². The molecule has 0 saturated heterocycles. The molecule has 0 amide bonds. The first-order chi connectivity index (χ1) is 13.7. The minimum Gasteiger partial charge on any atom is -0.395 e. The third-order valence-electron chi connectivity index (χ3n) is 3.83. The van der Waals surface area contributed by atoms with Crippen molar-refractivity contribution in [1.29, 1.82) is 0 Å². The zero-order chi connectivity index (χ0) is 21.2. The van der Waals surface area contributed by atoms with E-state index < -0.39 is 44.8 Å². The second-order valence-electron chi connectivity index (χ2n) is 5.75. The average Bonchev–Trinajstić information content (AvgIpc) is 2.67. The minimum absolute atomic E-state index is 0.0757. The van der Waals surface area contributed by atoms with Crippen LogP contribution in [0.2, 0.25) is 0 Å². The highest BCUT2D eigenvalue weighted by molar-refractivity contribution is 8.30. The van der Waals surface area contributed by atoms with Crippen molar-refractivity contribution in [2.45, 2.75) is 20.9 Å². The van der Waals surface area contributed by atoms with E-state index in [9.17, 15) is 31.1 Å². The first kappa shape index (κ1) is 20.8. The van der Waals surface area contributed by atoms with Crippen LogP contribution >= 0.6 is 10.3 Å². The maximum absolute atomic E-state index is 14.8. The van der Waals surface area contributed by atoms with Gasteiger partial charge in [-0.3, -0.25) is 0 Å². The molecule has 0 saturated carbocycles. The molecule has 0 heterocycles. The van der Waals surface area contributed by atoms with Crippen LogP contribution in [-0.2, 0) is 8.98 Å². The summed E-state index contributed by atoms with van der Waals surface area (Å²) in [6.07, 6.45) is -5.42. The summed E-state index contributed by atoms with van der Waals surface area (Å²) in [6, 6.07) is 14.5. The van der Waals surface area contributed by atoms with Crippen LogP contribution in [-0.4, -0.2) is 12.1 Å². The van der Waals surface area contributed by atoms with E-state index in [0.29, 0.717) is 12.1 Å². The highest BCUT2D eigenvalue weighted by Gasteiger charge is 2.48. The topological polar surface area (TPSA) is 26.3 Å². The Morgan fingerprint density at radius 3 is 1.55 bits per heavy atom. The van der Waals surface area contributed by atoms with Gasteiger partial charge >= 0.3 is 12.1 Å². The normalized spacial score (nSPS) is 12.5. The van der Waals surface area contributed by atoms with Crippen LogP contribution in [0, 0.1) is 17.5 Å². The van der Waals surface area contributed by atoms with Gasteiger partial charge < -0.3 is 4.18 Å². The van der Waals surface area contributed by atoms with Crippen molar-refractivity contribution in [3.05, 3.63) is 90.2 Å². The zero-order valence-electron chi connectivity index (χ0n) is 14.4. The fourth-order valence-electron chi connectivity index (χ4n) is 2.70. The Balaban J connectivity index is 2.43. The summed E-state index contributed by atoms with van der Waals surface area (Å²) in [5, 5.41) is 0. The second-order valence-corrected chi connectivity index (χ2v) is 8.38. The maximum atomic E-state index is 14.8. The van der Waals surface area contributed by atoms with E-state index in [0.717, 1.165) is 0 Å². The molecular formula is C20H12F6O2S. The van der Waals surface area contributed by atoms with Crippen molar-refractivity contribution in [2.24, 2.45) is 0 Å². The summed E-state index contributed by atoms with van der Waals surface area (Å²) in [4.78, 5) is 10.7. The molecule has 0 radical (unpaired) electrons. The zero-order valence-corrected chi connectivity index (χ0v) is 15.2. The average molecular weight is 430 g/mol. The molecule has 0 atom stereocenters. The van der Waals surface area contributed by atoms with Crippen molar-refractivity contribution in [3.8, 4) is 0 Å². The minimum atomic E-state index is -5.42. The van der Waals surface area contributed by atoms with Crippen LogP contribution in [0.1, 0.15) is 0 Å². The van der Waals surface area contributed by atoms with Crippen molar-refractivity contribution in [3.63, 3.8) is 0 Å². The van der Waals surface area contributed by atoms with Crippen LogP contribution in [0.3, 0.4) is 0 Å². The molecular weight excluding hydrogens is 418 g/mol. The first-order valence-electron chi connectivity index (χ1n) is 8.05. The van der Waals surface area contributed by atoms with E-state index in [1.165, 1.54) is 60.7 Å². The number of carbonyl (C=O) groups excluding carboxylic acids is 1. The van der Waals surface area contributed by atoms with Gasteiger partial charge in [0.1, 0.15) is 22.3 Å². The molecule has 3 aromatic carbocycles. The highest BCUT2D eigenvalue weighted by atomic mass is 32.3. The molecule has 3 aromatic rings. The fourth-order valence-corrected chi connectivity index (χ4v) is 5.79. The number of benzene rings is 3. The molecule has 0 aliphatic heterocycles. The molecule has 0 N–H and O–H groups in total. The van der Waals surface area contributed by atoms with Gasteiger partial charge in [0.25, 0.3) is 0 Å². The van der Waals surface area contributed by atoms with Gasteiger partial charge in [0, 0.05) is 21.9 Å². The lowest BCUT2D eigenvalue weighted by Crippen LogP contribution is -2.28. The van der Waals surface area contributed by atoms with Gasteiger partial charge in [0.15, 0.2) is 0 Å². The Hall–Kier alpha value is -2.94. The molecule has 0 spiro atoms. The standard InChI is InChI=1S/C20H12F6O2S/c21-13-11-16(22)18(17(23)12-13)29(14-7-3-1-4-8-14,15-9-5-2-6-10-15)28-19(27)20(24,25)26/h1-12H. The van der Waals surface area contributed by atoms with E-state index in [-0.39, 0.29) is 9.79 Å². The molecule has 29 heavy (non-hydrogen) atoms. The van der Waals surface area contributed by atoms with E-state index in [1.54, 1.807) is 0 Å². The van der Waals surface area contributed by atoms with Crippen molar-refractivity contribution < 1.29 is 35.3 Å². The summed E-state index contributed by atoms with van der Waals surface area (Å²) in [5.74, 6) is -6.83. The quantitative estimate of drug-likeness (QED) is 0.448. The largest absolute Gasteiger partial charge is 0.491 e. The number of hydrogen-bond acceptors (Lipinski definition) is 2. The number of rotatable bonds is 4. The second kappa shape index (κ2) is 7.82. The number of halogens is 6. The van der Waals surface area contributed by atoms with Gasteiger partial charge in [0.2, 0.25) is 0 Å². The fraction of sp³-hybridized carbons (Fsp3) is 0.0500. The van der Waals surface area contributed by atoms with Gasteiger partial charge in [-0.25, -0.2) is 18.0 Å². The molecule has 2 nitrogen and oxygen atoms in total. The van der Waals surface area contributed by atoms with Gasteiger partial charge in [-0.15, -0.1) is 0 Å². The summed E-state index contributed by atoms with van der Waals surface area (Å²) >= 11 is 0. The molecule has 0 aliphatic rings. The van der Waals surface area contributed by atoms with Gasteiger partial charge in [-0.05, 0) is 34.6 Å². The Morgan fingerprint density at radius 2 is 1.17 bits per heavy atom. The first-order valence-corrected chi connectivity index (χ1v) is 9.61.